The summed E-state index contributed by atoms with van der Waals surface area (Å²) < 4.78 is 5.51. The molecule has 1 aromatic heterocycles. The lowest BCUT2D eigenvalue weighted by Gasteiger charge is -2.32. The zero-order valence-corrected chi connectivity index (χ0v) is 18.8. The first-order valence-corrected chi connectivity index (χ1v) is 11.7. The number of nitrogens with one attached hydrogen (secondary N) is 1. The lowest BCUT2D eigenvalue weighted by molar-refractivity contribution is -0.153. The van der Waals surface area contributed by atoms with Crippen molar-refractivity contribution in [2.45, 2.75) is 39.0 Å². The zero-order chi connectivity index (χ0) is 22.9. The van der Waals surface area contributed by atoms with Crippen molar-refractivity contribution in [3.8, 4) is 0 Å². The van der Waals surface area contributed by atoms with Gasteiger partial charge in [0.1, 0.15) is 0 Å². The number of nitrogens with zero attached hydrogens (tertiary/aromatic N) is 1. The molecule has 1 aliphatic carbocycles. The van der Waals surface area contributed by atoms with E-state index in [9.17, 15) is 14.4 Å². The van der Waals surface area contributed by atoms with Gasteiger partial charge in [0, 0.05) is 34.4 Å². The maximum Gasteiger partial charge on any atom is 0.310 e. The first-order chi connectivity index (χ1) is 16.0. The molecule has 5 rings (SSSR count). The predicted molar refractivity (Wildman–Crippen MR) is 126 cm³/mol. The number of esters is 1. The third kappa shape index (κ3) is 3.94. The van der Waals surface area contributed by atoms with E-state index < -0.39 is 17.8 Å². The van der Waals surface area contributed by atoms with E-state index in [4.69, 9.17) is 4.74 Å². The van der Waals surface area contributed by atoms with E-state index in [2.05, 4.69) is 4.98 Å². The molecular weight excluding hydrogens is 416 g/mol. The van der Waals surface area contributed by atoms with E-state index in [0.29, 0.717) is 24.9 Å². The highest BCUT2D eigenvalue weighted by Crippen LogP contribution is 2.36. The Hall–Kier alpha value is -3.41. The second-order valence-electron chi connectivity index (χ2n) is 9.07. The quantitative estimate of drug-likeness (QED) is 0.461. The fourth-order valence-corrected chi connectivity index (χ4v) is 5.43. The number of Topliss-reactive ketones (excluding diaryl/α,β-unsaturated/α-hetero) is 1. The van der Waals surface area contributed by atoms with Crippen LogP contribution < -0.4 is 4.90 Å². The normalized spacial score (nSPS) is 20.0. The summed E-state index contributed by atoms with van der Waals surface area (Å²) in [6, 6.07) is 15.5. The molecule has 0 saturated heterocycles. The molecule has 0 unspecified atom stereocenters. The molecule has 0 spiro atoms. The Morgan fingerprint density at radius 2 is 1.73 bits per heavy atom. The molecule has 1 aliphatic heterocycles. The van der Waals surface area contributed by atoms with Crippen LogP contribution in [0.25, 0.3) is 10.9 Å². The monoisotopic (exact) mass is 444 g/mol. The van der Waals surface area contributed by atoms with E-state index in [1.807, 2.05) is 60.4 Å². The smallest absolute Gasteiger partial charge is 0.310 e. The first-order valence-electron chi connectivity index (χ1n) is 11.7. The van der Waals surface area contributed by atoms with Crippen LogP contribution in [0.5, 0.6) is 0 Å². The van der Waals surface area contributed by atoms with Crippen molar-refractivity contribution in [2.24, 2.45) is 11.8 Å². The topological polar surface area (TPSA) is 79.5 Å². The number of aromatic nitrogens is 1. The Labute approximate surface area is 192 Å². The molecule has 1 amide bonds. The number of ether oxygens (including phenoxy) is 1. The Bertz CT molecular complexity index is 1230. The molecule has 2 heterocycles. The van der Waals surface area contributed by atoms with Gasteiger partial charge in [0.25, 0.3) is 0 Å². The summed E-state index contributed by atoms with van der Waals surface area (Å²) in [5.41, 5.74) is 4.32. The number of amides is 1. The number of carbonyl (C=O) groups excluding carboxylic acids is 3. The van der Waals surface area contributed by atoms with Crippen molar-refractivity contribution in [1.82, 2.24) is 4.98 Å². The van der Waals surface area contributed by atoms with Crippen LogP contribution in [0.2, 0.25) is 0 Å². The van der Waals surface area contributed by atoms with Crippen LogP contribution in [0, 0.1) is 18.8 Å². The number of fused-ring (bicyclic) bond motifs is 2. The van der Waals surface area contributed by atoms with Crippen LogP contribution >= 0.6 is 0 Å². The van der Waals surface area contributed by atoms with Crippen LogP contribution in [-0.4, -0.2) is 35.8 Å². The Morgan fingerprint density at radius 1 is 1.00 bits per heavy atom. The summed E-state index contributed by atoms with van der Waals surface area (Å²) in [5.74, 6) is -1.57. The van der Waals surface area contributed by atoms with Crippen molar-refractivity contribution in [1.29, 1.82) is 0 Å². The van der Waals surface area contributed by atoms with Gasteiger partial charge in [-0.3, -0.25) is 14.4 Å². The molecule has 170 valence electrons. The van der Waals surface area contributed by atoms with Gasteiger partial charge < -0.3 is 14.6 Å². The molecule has 1 fully saturated rings. The number of H-pyrrole nitrogens is 1. The van der Waals surface area contributed by atoms with Crippen LogP contribution in [0.1, 0.15) is 47.3 Å². The van der Waals surface area contributed by atoms with Gasteiger partial charge in [0.2, 0.25) is 11.7 Å². The van der Waals surface area contributed by atoms with Gasteiger partial charge in [-0.25, -0.2) is 0 Å². The third-order valence-corrected chi connectivity index (χ3v) is 7.06. The van der Waals surface area contributed by atoms with Gasteiger partial charge in [-0.1, -0.05) is 49.2 Å². The van der Waals surface area contributed by atoms with Crippen LogP contribution in [-0.2, 0) is 20.7 Å². The van der Waals surface area contributed by atoms with E-state index >= 15 is 0 Å². The lowest BCUT2D eigenvalue weighted by atomic mass is 9.78. The molecule has 0 radical (unpaired) electrons. The number of carbonyl (C=O) groups is 3. The number of para-hydroxylation sites is 2. The number of aryl methyl sites for hydroxylation is 1. The molecule has 2 aliphatic rings. The SMILES string of the molecule is Cc1[nH]c2ccccc2c1C(=O)COC(=O)[C@@H]1CCCC[C@@H]1C(=O)N1CCc2ccccc21. The summed E-state index contributed by atoms with van der Waals surface area (Å²) >= 11 is 0. The molecule has 0 bridgehead atoms. The van der Waals surface area contributed by atoms with Gasteiger partial charge in [0.15, 0.2) is 6.61 Å². The van der Waals surface area contributed by atoms with E-state index in [0.717, 1.165) is 41.5 Å². The third-order valence-electron chi connectivity index (χ3n) is 7.06. The molecule has 6 nitrogen and oxygen atoms in total. The van der Waals surface area contributed by atoms with Gasteiger partial charge in [-0.05, 0) is 43.9 Å². The molecule has 3 aromatic rings. The standard InChI is InChI=1S/C27H28N2O4/c1-17-25(21-11-5-6-12-22(21)28-17)24(30)16-33-27(32)20-10-4-3-9-19(20)26(31)29-15-14-18-8-2-7-13-23(18)29/h2,5-8,11-13,19-20,28H,3-4,9-10,14-16H2,1H3/t19-,20+/m0/s1. The maximum atomic E-state index is 13.4. The summed E-state index contributed by atoms with van der Waals surface area (Å²) in [6.45, 7) is 2.18. The van der Waals surface area contributed by atoms with E-state index in [1.165, 1.54) is 5.56 Å². The van der Waals surface area contributed by atoms with Crippen LogP contribution in [0.15, 0.2) is 48.5 Å². The molecular formula is C27H28N2O4. The van der Waals surface area contributed by atoms with Crippen molar-refractivity contribution >= 4 is 34.3 Å². The van der Waals surface area contributed by atoms with Gasteiger partial charge in [-0.2, -0.15) is 0 Å². The van der Waals surface area contributed by atoms with Gasteiger partial charge in [0.05, 0.1) is 11.8 Å². The summed E-state index contributed by atoms with van der Waals surface area (Å²) in [5, 5.41) is 0.828. The summed E-state index contributed by atoms with van der Waals surface area (Å²) in [4.78, 5) is 44.4. The highest BCUT2D eigenvalue weighted by molar-refractivity contribution is 6.10. The molecule has 2 aromatic carbocycles. The number of rotatable bonds is 5. The maximum absolute atomic E-state index is 13.4. The molecule has 1 N–H and O–H groups in total. The lowest BCUT2D eigenvalue weighted by Crippen LogP contribution is -2.42. The summed E-state index contributed by atoms with van der Waals surface area (Å²) in [7, 11) is 0. The number of ketones is 1. The fraction of sp³-hybridized carbons (Fsp3) is 0.370. The average molecular weight is 445 g/mol. The number of hydrogen-bond acceptors (Lipinski definition) is 4. The number of anilines is 1. The minimum atomic E-state index is -0.504. The number of aromatic amines is 1. The van der Waals surface area contributed by atoms with Crippen LogP contribution in [0.4, 0.5) is 5.69 Å². The Kier molecular flexibility index (Phi) is 5.75. The molecule has 6 heteroatoms. The minimum absolute atomic E-state index is 0.000370. The van der Waals surface area contributed by atoms with Gasteiger partial charge in [-0.15, -0.1) is 0 Å². The predicted octanol–water partition coefficient (Wildman–Crippen LogP) is 4.60. The largest absolute Gasteiger partial charge is 0.457 e. The highest BCUT2D eigenvalue weighted by atomic mass is 16.5. The number of benzene rings is 2. The molecule has 33 heavy (non-hydrogen) atoms. The minimum Gasteiger partial charge on any atom is -0.457 e. The van der Waals surface area contributed by atoms with E-state index in [1.54, 1.807) is 0 Å². The van der Waals surface area contributed by atoms with E-state index in [-0.39, 0.29) is 18.3 Å². The van der Waals surface area contributed by atoms with Crippen molar-refractivity contribution < 1.29 is 19.1 Å². The van der Waals surface area contributed by atoms with Crippen molar-refractivity contribution in [2.75, 3.05) is 18.1 Å². The van der Waals surface area contributed by atoms with Crippen molar-refractivity contribution in [3.63, 3.8) is 0 Å². The second-order valence-corrected chi connectivity index (χ2v) is 9.07. The summed E-state index contributed by atoms with van der Waals surface area (Å²) in [6.07, 6.45) is 3.93. The second kappa shape index (κ2) is 8.85. The molecule has 1 saturated carbocycles. The first kappa shape index (κ1) is 21.4. The fourth-order valence-electron chi connectivity index (χ4n) is 5.43. The Balaban J connectivity index is 1.29. The van der Waals surface area contributed by atoms with Crippen molar-refractivity contribution in [3.05, 3.63) is 65.4 Å². The molecule has 2 atom stereocenters. The number of hydrogen-bond donors (Lipinski definition) is 1. The van der Waals surface area contributed by atoms with Gasteiger partial charge >= 0.3 is 5.97 Å². The van der Waals surface area contributed by atoms with Crippen LogP contribution in [0.3, 0.4) is 0 Å². The average Bonchev–Trinajstić information content (AvgIpc) is 3.42. The Morgan fingerprint density at radius 3 is 2.58 bits per heavy atom. The highest BCUT2D eigenvalue weighted by Gasteiger charge is 2.40. The zero-order valence-electron chi connectivity index (χ0n) is 18.8.